The lowest BCUT2D eigenvalue weighted by atomic mass is 9.81. The molecule has 3 aliphatic rings. The van der Waals surface area contributed by atoms with Gasteiger partial charge in [-0.1, -0.05) is 0 Å². The van der Waals surface area contributed by atoms with Gasteiger partial charge in [-0.3, -0.25) is 4.79 Å². The first-order chi connectivity index (χ1) is 18.7. The van der Waals surface area contributed by atoms with E-state index in [1.807, 2.05) is 0 Å². The monoisotopic (exact) mass is 581 g/mol. The Morgan fingerprint density at radius 1 is 0.900 bits per heavy atom. The number of aliphatic hydroxyl groups excluding tert-OH is 6. The zero-order chi connectivity index (χ0) is 30.1. The van der Waals surface area contributed by atoms with E-state index in [1.54, 1.807) is 0 Å². The molecule has 16 N–H and O–H groups in total. The largest absolute Gasteiger partial charge is 0.394 e. The van der Waals surface area contributed by atoms with Crippen LogP contribution >= 0.6 is 0 Å². The summed E-state index contributed by atoms with van der Waals surface area (Å²) in [4.78, 5) is 19.7. The predicted molar refractivity (Wildman–Crippen MR) is 133 cm³/mol. The van der Waals surface area contributed by atoms with Crippen LogP contribution in [-0.2, 0) is 23.7 Å². The average Bonchev–Trinajstić information content (AvgIpc) is 3.13. The molecule has 1 saturated carbocycles. The number of rotatable bonds is 9. The van der Waals surface area contributed by atoms with Gasteiger partial charge < -0.3 is 82.9 Å². The Morgan fingerprint density at radius 3 is 2.02 bits per heavy atom. The van der Waals surface area contributed by atoms with Gasteiger partial charge in [-0.2, -0.15) is 0 Å². The van der Waals surface area contributed by atoms with E-state index in [0.717, 1.165) is 0 Å². The molecule has 2 aliphatic heterocycles. The topological polar surface area (TPSA) is 336 Å². The zero-order valence-corrected chi connectivity index (χ0v) is 21.7. The van der Waals surface area contributed by atoms with Gasteiger partial charge in [0.05, 0.1) is 18.8 Å². The van der Waals surface area contributed by atoms with Crippen molar-refractivity contribution >= 4 is 18.2 Å². The molecular formula is C21H39N7O12. The van der Waals surface area contributed by atoms with Crippen LogP contribution in [0.5, 0.6) is 0 Å². The van der Waals surface area contributed by atoms with Crippen LogP contribution < -0.4 is 28.3 Å². The van der Waals surface area contributed by atoms with Crippen molar-refractivity contribution in [2.24, 2.45) is 32.9 Å². The van der Waals surface area contributed by atoms with Crippen LogP contribution in [0.4, 0.5) is 0 Å². The summed E-state index contributed by atoms with van der Waals surface area (Å²) < 4.78 is 22.9. The highest BCUT2D eigenvalue weighted by atomic mass is 16.8. The summed E-state index contributed by atoms with van der Waals surface area (Å²) in [7, 11) is 1.42. The normalized spacial score (nSPS) is 47.4. The van der Waals surface area contributed by atoms with Crippen molar-refractivity contribution in [1.29, 1.82) is 0 Å². The number of aliphatic imine (C=N–C) groups is 2. The van der Waals surface area contributed by atoms with Crippen molar-refractivity contribution in [3.8, 4) is 0 Å². The highest BCUT2D eigenvalue weighted by molar-refractivity contribution is 5.76. The molecule has 0 aromatic heterocycles. The Balaban J connectivity index is 1.96. The molecule has 19 heteroatoms. The number of aliphatic hydroxyl groups is 7. The van der Waals surface area contributed by atoms with Gasteiger partial charge in [-0.15, -0.1) is 0 Å². The standard InChI is InChI=1S/C21H39N7O12/c1-5-21(36,4-30)16(40-17-9(26-2)13(34)10(31)6(3-29)38-17)18(37-5)39-15-8(28-20(24)25)11(32)7(27-19(22)23)12(33)14(15)35/h4-18,26,29,31-36H,3H2,1-2H3,(H4,22,23,27)(H4,24,25,28)/t5-,6?,7?,8-,9?,10-,11?,12-,13+,14?,15-,16+,17-,18-,21?/m0/s1. The molecule has 0 aromatic rings. The number of carbonyl (C=O) groups excluding carboxylic acids is 1. The Hall–Kier alpha value is -2.27. The van der Waals surface area contributed by atoms with Crippen molar-refractivity contribution in [3.05, 3.63) is 0 Å². The third-order valence-electron chi connectivity index (χ3n) is 7.34. The number of guanidine groups is 2. The molecule has 19 nitrogen and oxygen atoms in total. The molecule has 40 heavy (non-hydrogen) atoms. The second-order valence-corrected chi connectivity index (χ2v) is 9.89. The van der Waals surface area contributed by atoms with Crippen LogP contribution in [0, 0.1) is 0 Å². The average molecular weight is 582 g/mol. The van der Waals surface area contributed by atoms with E-state index in [9.17, 15) is 40.5 Å². The van der Waals surface area contributed by atoms with E-state index in [2.05, 4.69) is 15.3 Å². The number of ether oxygens (including phenoxy) is 4. The van der Waals surface area contributed by atoms with E-state index >= 15 is 0 Å². The van der Waals surface area contributed by atoms with Gasteiger partial charge in [0.1, 0.15) is 60.9 Å². The molecule has 2 heterocycles. The molecule has 1 aliphatic carbocycles. The van der Waals surface area contributed by atoms with Gasteiger partial charge in [0, 0.05) is 0 Å². The Morgan fingerprint density at radius 2 is 1.50 bits per heavy atom. The minimum Gasteiger partial charge on any atom is -0.394 e. The molecule has 0 aromatic carbocycles. The highest BCUT2D eigenvalue weighted by Crippen LogP contribution is 2.38. The summed E-state index contributed by atoms with van der Waals surface area (Å²) in [5, 5.41) is 76.6. The Bertz CT molecular complexity index is 940. The molecule has 3 rings (SSSR count). The Kier molecular flexibility index (Phi) is 10.2. The minimum absolute atomic E-state index is 0.140. The van der Waals surface area contributed by atoms with Crippen LogP contribution in [0.1, 0.15) is 6.92 Å². The molecule has 0 radical (unpaired) electrons. The number of carbonyl (C=O) groups is 1. The molecule has 0 spiro atoms. The van der Waals surface area contributed by atoms with E-state index in [-0.39, 0.29) is 6.29 Å². The molecule has 15 atom stereocenters. The fraction of sp³-hybridized carbons (Fsp3) is 0.857. The van der Waals surface area contributed by atoms with Crippen molar-refractivity contribution in [2.75, 3.05) is 13.7 Å². The first kappa shape index (κ1) is 32.2. The fourth-order valence-electron chi connectivity index (χ4n) is 5.08. The van der Waals surface area contributed by atoms with Crippen molar-refractivity contribution < 1.29 is 59.5 Å². The maximum Gasteiger partial charge on any atom is 0.188 e. The third kappa shape index (κ3) is 6.00. The quantitative estimate of drug-likeness (QED) is 0.0682. The fourth-order valence-corrected chi connectivity index (χ4v) is 5.08. The maximum absolute atomic E-state index is 12.1. The van der Waals surface area contributed by atoms with E-state index < -0.39 is 110 Å². The summed E-state index contributed by atoms with van der Waals surface area (Å²) in [6.07, 6.45) is -17.3. The molecule has 0 bridgehead atoms. The van der Waals surface area contributed by atoms with E-state index in [1.165, 1.54) is 14.0 Å². The van der Waals surface area contributed by atoms with Crippen molar-refractivity contribution in [3.63, 3.8) is 0 Å². The SMILES string of the molecule is CNC1[C@H](O[C@@H]2[C@H](O[C@@H]3C(O)[C@@H](O)C(N=C(N)N)C(O)[C@@H]3N=C(N)N)O[C@@H](C)C2(O)C=O)OC(CO)[C@H](O)[C@@H]1O. The second kappa shape index (κ2) is 12.7. The lowest BCUT2D eigenvalue weighted by molar-refractivity contribution is -0.314. The Labute approximate surface area is 228 Å². The molecular weight excluding hydrogens is 542 g/mol. The second-order valence-electron chi connectivity index (χ2n) is 9.89. The van der Waals surface area contributed by atoms with E-state index in [0.29, 0.717) is 0 Å². The number of hydrogen-bond donors (Lipinski definition) is 12. The van der Waals surface area contributed by atoms with Crippen LogP contribution in [-0.4, -0.2) is 159 Å². The van der Waals surface area contributed by atoms with Crippen LogP contribution in [0.25, 0.3) is 0 Å². The first-order valence-electron chi connectivity index (χ1n) is 12.4. The lowest BCUT2D eigenvalue weighted by Crippen LogP contribution is -2.66. The summed E-state index contributed by atoms with van der Waals surface area (Å²) in [5.41, 5.74) is 19.4. The molecule has 0 amide bonds. The number of hydrogen-bond acceptors (Lipinski definition) is 15. The number of likely N-dealkylation sites (N-methyl/N-ethyl adjacent to an activating group) is 1. The van der Waals surface area contributed by atoms with Crippen molar-refractivity contribution in [1.82, 2.24) is 5.32 Å². The van der Waals surface area contributed by atoms with Gasteiger partial charge >= 0.3 is 0 Å². The van der Waals surface area contributed by atoms with Crippen LogP contribution in [0.15, 0.2) is 9.98 Å². The number of nitrogens with two attached hydrogens (primary N) is 4. The molecule has 6 unspecified atom stereocenters. The maximum atomic E-state index is 12.1. The summed E-state index contributed by atoms with van der Waals surface area (Å²) in [6.45, 7) is 0.620. The first-order valence-corrected chi connectivity index (χ1v) is 12.4. The molecule has 2 saturated heterocycles. The third-order valence-corrected chi connectivity index (χ3v) is 7.34. The predicted octanol–water partition coefficient (Wildman–Crippen LogP) is -8.16. The minimum atomic E-state index is -2.38. The number of nitrogens with zero attached hydrogens (tertiary/aromatic N) is 2. The van der Waals surface area contributed by atoms with Gasteiger partial charge in [0.2, 0.25) is 0 Å². The highest BCUT2D eigenvalue weighted by Gasteiger charge is 2.60. The van der Waals surface area contributed by atoms with Gasteiger partial charge in [0.15, 0.2) is 36.4 Å². The molecule has 230 valence electrons. The van der Waals surface area contributed by atoms with Gasteiger partial charge in [-0.25, -0.2) is 9.98 Å². The lowest BCUT2D eigenvalue weighted by Gasteiger charge is -2.45. The van der Waals surface area contributed by atoms with Gasteiger partial charge in [-0.05, 0) is 14.0 Å². The van der Waals surface area contributed by atoms with Crippen LogP contribution in [0.2, 0.25) is 0 Å². The van der Waals surface area contributed by atoms with E-state index in [4.69, 9.17) is 41.9 Å². The summed E-state index contributed by atoms with van der Waals surface area (Å²) >= 11 is 0. The number of nitrogens with one attached hydrogen (secondary N) is 1. The van der Waals surface area contributed by atoms with Gasteiger partial charge in [0.25, 0.3) is 0 Å². The summed E-state index contributed by atoms with van der Waals surface area (Å²) in [5.74, 6) is -1.03. The smallest absolute Gasteiger partial charge is 0.188 e. The number of aldehydes is 1. The zero-order valence-electron chi connectivity index (χ0n) is 21.7. The molecule has 3 fully saturated rings. The van der Waals surface area contributed by atoms with Crippen molar-refractivity contribution in [2.45, 2.75) is 98.2 Å². The summed E-state index contributed by atoms with van der Waals surface area (Å²) in [6, 6.07) is -4.08. The van der Waals surface area contributed by atoms with Crippen LogP contribution in [0.3, 0.4) is 0 Å².